The highest BCUT2D eigenvalue weighted by Gasteiger charge is 2.55. The molecule has 2 N–H and O–H groups in total. The van der Waals surface area contributed by atoms with Crippen molar-refractivity contribution in [2.75, 3.05) is 32.8 Å². The summed E-state index contributed by atoms with van der Waals surface area (Å²) in [5.74, 6) is -0.685. The first-order valence-corrected chi connectivity index (χ1v) is 19.1. The summed E-state index contributed by atoms with van der Waals surface area (Å²) in [6.07, 6.45) is -4.67. The maximum Gasteiger partial charge on any atom is 0.416 e. The molecular formula is C33H29Cl4F3N4O4S2. The molecule has 2 unspecified atom stereocenters. The molecule has 266 valence electrons. The van der Waals surface area contributed by atoms with Crippen molar-refractivity contribution in [2.45, 2.75) is 35.7 Å². The summed E-state index contributed by atoms with van der Waals surface area (Å²) < 4.78 is 75.9. The number of carbonyl (C=O) groups excluding carboxylic acids is 1. The monoisotopic (exact) mass is 806 g/mol. The number of carbonyl (C=O) groups is 1. The Labute approximate surface area is 311 Å². The Hall–Kier alpha value is -2.59. The van der Waals surface area contributed by atoms with E-state index >= 15 is 0 Å². The van der Waals surface area contributed by atoms with E-state index in [0.717, 1.165) is 34.6 Å². The Morgan fingerprint density at radius 2 is 1.42 bits per heavy atom. The molecule has 17 heteroatoms. The lowest BCUT2D eigenvalue weighted by molar-refractivity contribution is -0.141. The molecule has 8 nitrogen and oxygen atoms in total. The number of halogens is 7. The fraction of sp³-hybridized carbons (Fsp3) is 0.303. The second-order valence-electron chi connectivity index (χ2n) is 11.6. The number of sulfonamides is 1. The third-order valence-corrected chi connectivity index (χ3v) is 12.8. The first-order chi connectivity index (χ1) is 23.6. The van der Waals surface area contributed by atoms with Gasteiger partial charge < -0.3 is 9.64 Å². The molecule has 4 aromatic rings. The van der Waals surface area contributed by atoms with E-state index < -0.39 is 45.4 Å². The maximum atomic E-state index is 15.0. The van der Waals surface area contributed by atoms with E-state index in [1.54, 1.807) is 55.5 Å². The topological polar surface area (TPSA) is 91.0 Å². The van der Waals surface area contributed by atoms with Crippen molar-refractivity contribution < 1.29 is 31.1 Å². The Morgan fingerprint density at radius 3 is 1.88 bits per heavy atom. The van der Waals surface area contributed by atoms with Crippen LogP contribution >= 0.6 is 57.7 Å². The third-order valence-electron chi connectivity index (χ3n) is 8.64. The molecular weight excluding hydrogens is 779 g/mol. The second kappa shape index (κ2) is 14.4. The zero-order valence-corrected chi connectivity index (χ0v) is 30.8. The van der Waals surface area contributed by atoms with Crippen molar-refractivity contribution in [1.29, 1.82) is 0 Å². The number of benzene rings is 3. The Bertz CT molecular complexity index is 1940. The minimum Gasteiger partial charge on any atom is -0.493 e. The molecule has 2 aliphatic heterocycles. The smallest absolute Gasteiger partial charge is 0.416 e. The number of rotatable bonds is 8. The van der Waals surface area contributed by atoms with Crippen LogP contribution in [-0.2, 0) is 26.7 Å². The van der Waals surface area contributed by atoms with E-state index in [1.807, 2.05) is 0 Å². The summed E-state index contributed by atoms with van der Waals surface area (Å²) in [6.45, 7) is 1.46. The predicted molar refractivity (Wildman–Crippen MR) is 189 cm³/mol. The number of piperazine rings is 1. The number of hydrogen-bond acceptors (Lipinski definition) is 7. The Kier molecular flexibility index (Phi) is 10.7. The summed E-state index contributed by atoms with van der Waals surface area (Å²) in [5.41, 5.74) is -1.18. The van der Waals surface area contributed by atoms with Crippen LogP contribution in [0.5, 0.6) is 5.75 Å². The van der Waals surface area contributed by atoms with Crippen LogP contribution in [0.1, 0.15) is 41.3 Å². The number of thiophene rings is 1. The van der Waals surface area contributed by atoms with Gasteiger partial charge in [-0.3, -0.25) is 15.4 Å². The van der Waals surface area contributed by atoms with Crippen LogP contribution in [-0.4, -0.2) is 56.3 Å². The lowest BCUT2D eigenvalue weighted by atomic mass is 9.94. The molecule has 2 atom stereocenters. The predicted octanol–water partition coefficient (Wildman–Crippen LogP) is 8.14. The second-order valence-corrected chi connectivity index (χ2v) is 16.7. The minimum absolute atomic E-state index is 0.0193. The zero-order chi connectivity index (χ0) is 36.0. The largest absolute Gasteiger partial charge is 0.493 e. The standard InChI is InChI=1S/C33H29Cl4F3N4O4S2/c1-2-48-25-17-21(33(38,39)40)7-12-24(25)32(31(45)43-13-15-44(16-14-43)50(46,47)26-18-27(36)49-30(26)37)41-28(19-3-8-22(34)9-4-19)29(42-32)20-5-10-23(35)11-6-20/h3-12,17-18,28-29,41-42H,2,13-16H2,1H3. The van der Waals surface area contributed by atoms with Gasteiger partial charge in [-0.25, -0.2) is 8.42 Å². The van der Waals surface area contributed by atoms with Gasteiger partial charge in [0.05, 0.1) is 28.6 Å². The highest BCUT2D eigenvalue weighted by molar-refractivity contribution is 7.89. The molecule has 1 amide bonds. The fourth-order valence-electron chi connectivity index (χ4n) is 6.25. The van der Waals surface area contributed by atoms with Gasteiger partial charge in [0, 0.05) is 41.8 Å². The van der Waals surface area contributed by atoms with Crippen LogP contribution in [0.2, 0.25) is 18.7 Å². The summed E-state index contributed by atoms with van der Waals surface area (Å²) in [7, 11) is -4.03. The Morgan fingerprint density at radius 1 is 0.880 bits per heavy atom. The molecule has 2 saturated heterocycles. The van der Waals surface area contributed by atoms with Crippen molar-refractivity contribution in [3.05, 3.63) is 114 Å². The van der Waals surface area contributed by atoms with Gasteiger partial charge in [0.15, 0.2) is 5.66 Å². The van der Waals surface area contributed by atoms with Crippen molar-refractivity contribution in [2.24, 2.45) is 0 Å². The van der Waals surface area contributed by atoms with Crippen LogP contribution in [0.4, 0.5) is 13.2 Å². The van der Waals surface area contributed by atoms with Crippen LogP contribution in [0.15, 0.2) is 77.7 Å². The summed E-state index contributed by atoms with van der Waals surface area (Å²) in [4.78, 5) is 16.3. The van der Waals surface area contributed by atoms with Gasteiger partial charge in [-0.05, 0) is 60.5 Å². The maximum absolute atomic E-state index is 15.0. The number of ether oxygens (including phenoxy) is 1. The van der Waals surface area contributed by atoms with Gasteiger partial charge in [0.25, 0.3) is 5.91 Å². The number of hydrogen-bond donors (Lipinski definition) is 2. The average molecular weight is 809 g/mol. The summed E-state index contributed by atoms with van der Waals surface area (Å²) in [6, 6.07) is 17.1. The van der Waals surface area contributed by atoms with E-state index in [-0.39, 0.29) is 57.7 Å². The van der Waals surface area contributed by atoms with E-state index in [9.17, 15) is 26.4 Å². The fourth-order valence-corrected chi connectivity index (χ4v) is 10.0. The van der Waals surface area contributed by atoms with Gasteiger partial charge in [-0.2, -0.15) is 17.5 Å². The molecule has 50 heavy (non-hydrogen) atoms. The molecule has 6 rings (SSSR count). The number of alkyl halides is 3. The molecule has 0 saturated carbocycles. The van der Waals surface area contributed by atoms with Crippen LogP contribution in [0.3, 0.4) is 0 Å². The van der Waals surface area contributed by atoms with Crippen molar-refractivity contribution in [1.82, 2.24) is 19.8 Å². The number of amides is 1. The molecule has 0 spiro atoms. The van der Waals surface area contributed by atoms with E-state index in [0.29, 0.717) is 10.0 Å². The van der Waals surface area contributed by atoms with Crippen LogP contribution < -0.4 is 15.4 Å². The van der Waals surface area contributed by atoms with Crippen LogP contribution in [0, 0.1) is 0 Å². The van der Waals surface area contributed by atoms with Gasteiger partial charge in [0.1, 0.15) is 15.0 Å². The van der Waals surface area contributed by atoms with Gasteiger partial charge >= 0.3 is 6.18 Å². The van der Waals surface area contributed by atoms with Crippen LogP contribution in [0.25, 0.3) is 0 Å². The Balaban J connectivity index is 1.44. The lowest BCUT2D eigenvalue weighted by Gasteiger charge is -2.40. The molecule has 3 heterocycles. The third kappa shape index (κ3) is 7.22. The van der Waals surface area contributed by atoms with E-state index in [1.165, 1.54) is 21.3 Å². The first-order valence-electron chi connectivity index (χ1n) is 15.3. The molecule has 0 bridgehead atoms. The van der Waals surface area contributed by atoms with Crippen molar-refractivity contribution in [3.8, 4) is 5.75 Å². The highest BCUT2D eigenvalue weighted by Crippen LogP contribution is 2.46. The van der Waals surface area contributed by atoms with E-state index in [4.69, 9.17) is 51.1 Å². The first kappa shape index (κ1) is 37.2. The molecule has 2 aliphatic rings. The van der Waals surface area contributed by atoms with E-state index in [2.05, 4.69) is 10.6 Å². The number of nitrogens with zero attached hydrogens (tertiary/aromatic N) is 2. The molecule has 2 fully saturated rings. The molecule has 3 aromatic carbocycles. The van der Waals surface area contributed by atoms with Crippen molar-refractivity contribution in [3.63, 3.8) is 0 Å². The zero-order valence-electron chi connectivity index (χ0n) is 26.1. The quantitative estimate of drug-likeness (QED) is 0.187. The molecule has 0 radical (unpaired) electrons. The summed E-state index contributed by atoms with van der Waals surface area (Å²) >= 11 is 25.6. The highest BCUT2D eigenvalue weighted by atomic mass is 35.5. The molecule has 1 aromatic heterocycles. The van der Waals surface area contributed by atoms with Gasteiger partial charge in [-0.1, -0.05) is 76.7 Å². The van der Waals surface area contributed by atoms with Gasteiger partial charge in [0.2, 0.25) is 10.0 Å². The minimum atomic E-state index is -4.67. The lowest BCUT2D eigenvalue weighted by Crippen LogP contribution is -2.62. The normalized spacial score (nSPS) is 21.8. The van der Waals surface area contributed by atoms with Crippen molar-refractivity contribution >= 4 is 73.7 Å². The van der Waals surface area contributed by atoms with Gasteiger partial charge in [-0.15, -0.1) is 11.3 Å². The SMILES string of the molecule is CCOc1cc(C(F)(F)F)ccc1C1(C(=O)N2CCN(S(=O)(=O)c3cc(Cl)sc3Cl)CC2)NC(c2ccc(Cl)cc2)C(c2ccc(Cl)cc2)N1. The summed E-state index contributed by atoms with van der Waals surface area (Å²) in [5, 5.41) is 7.88. The molecule has 0 aliphatic carbocycles. The average Bonchev–Trinajstić information content (AvgIpc) is 3.65. The number of nitrogens with one attached hydrogen (secondary N) is 2.